The third-order valence-electron chi connectivity index (χ3n) is 4.53. The third-order valence-corrected chi connectivity index (χ3v) is 4.77. The lowest BCUT2D eigenvalue weighted by Crippen LogP contribution is -2.31. The Kier molecular flexibility index (Phi) is 4.67. The molecule has 0 N–H and O–H groups in total. The highest BCUT2D eigenvalue weighted by Crippen LogP contribution is 2.31. The van der Waals surface area contributed by atoms with E-state index in [4.69, 9.17) is 11.6 Å². The maximum Gasteiger partial charge on any atom is 0.276 e. The van der Waals surface area contributed by atoms with Gasteiger partial charge in [0.05, 0.1) is 24.5 Å². The molecule has 1 unspecified atom stereocenters. The Morgan fingerprint density at radius 1 is 1.23 bits per heavy atom. The van der Waals surface area contributed by atoms with Crippen molar-refractivity contribution in [3.8, 4) is 0 Å². The summed E-state index contributed by atoms with van der Waals surface area (Å²) < 4.78 is 1.66. The van der Waals surface area contributed by atoms with E-state index in [2.05, 4.69) is 15.3 Å². The number of amides is 1. The fourth-order valence-electron chi connectivity index (χ4n) is 3.33. The van der Waals surface area contributed by atoms with Gasteiger partial charge in [0.1, 0.15) is 0 Å². The van der Waals surface area contributed by atoms with E-state index in [9.17, 15) is 4.79 Å². The van der Waals surface area contributed by atoms with Crippen molar-refractivity contribution in [3.05, 3.63) is 76.8 Å². The maximum absolute atomic E-state index is 12.9. The average Bonchev–Trinajstić information content (AvgIpc) is 3.31. The fraction of sp³-hybridized carbons (Fsp3) is 0.263. The van der Waals surface area contributed by atoms with Gasteiger partial charge >= 0.3 is 0 Å². The SMILES string of the molecule is O=C(c1cn(Cc2cccc(Cl)c2)nn1)N1CCCC1c1ccccn1. The molecule has 0 aliphatic carbocycles. The van der Waals surface area contributed by atoms with Gasteiger partial charge in [0.2, 0.25) is 0 Å². The van der Waals surface area contributed by atoms with Crippen molar-refractivity contribution in [2.45, 2.75) is 25.4 Å². The number of benzene rings is 1. The number of pyridine rings is 1. The van der Waals surface area contributed by atoms with E-state index in [0.29, 0.717) is 23.8 Å². The van der Waals surface area contributed by atoms with Gasteiger partial charge in [0, 0.05) is 17.8 Å². The van der Waals surface area contributed by atoms with Crippen molar-refractivity contribution in [2.75, 3.05) is 6.54 Å². The summed E-state index contributed by atoms with van der Waals surface area (Å²) in [5.41, 5.74) is 2.29. The molecule has 6 nitrogen and oxygen atoms in total. The van der Waals surface area contributed by atoms with Crippen LogP contribution < -0.4 is 0 Å². The van der Waals surface area contributed by atoms with E-state index < -0.39 is 0 Å². The van der Waals surface area contributed by atoms with Crippen LogP contribution in [0.2, 0.25) is 5.02 Å². The second-order valence-electron chi connectivity index (χ2n) is 6.34. The zero-order valence-corrected chi connectivity index (χ0v) is 14.9. The molecule has 1 amide bonds. The summed E-state index contributed by atoms with van der Waals surface area (Å²) in [5, 5.41) is 8.84. The summed E-state index contributed by atoms with van der Waals surface area (Å²) in [6.07, 6.45) is 5.33. The van der Waals surface area contributed by atoms with Gasteiger partial charge in [-0.2, -0.15) is 0 Å². The smallest absolute Gasteiger partial charge is 0.276 e. The Morgan fingerprint density at radius 2 is 2.15 bits per heavy atom. The summed E-state index contributed by atoms with van der Waals surface area (Å²) in [6, 6.07) is 13.4. The molecular formula is C19H18ClN5O. The lowest BCUT2D eigenvalue weighted by molar-refractivity contribution is 0.0727. The van der Waals surface area contributed by atoms with Gasteiger partial charge < -0.3 is 4.90 Å². The van der Waals surface area contributed by atoms with Crippen LogP contribution in [0.1, 0.15) is 40.6 Å². The van der Waals surface area contributed by atoms with Gasteiger partial charge in [-0.3, -0.25) is 9.78 Å². The zero-order chi connectivity index (χ0) is 17.9. The molecular weight excluding hydrogens is 350 g/mol. The van der Waals surface area contributed by atoms with Crippen LogP contribution in [-0.4, -0.2) is 37.3 Å². The first-order valence-electron chi connectivity index (χ1n) is 8.57. The van der Waals surface area contributed by atoms with Crippen LogP contribution in [0.5, 0.6) is 0 Å². The molecule has 0 spiro atoms. The molecule has 1 fully saturated rings. The van der Waals surface area contributed by atoms with E-state index >= 15 is 0 Å². The normalized spacial score (nSPS) is 16.8. The van der Waals surface area contributed by atoms with Gasteiger partial charge in [0.25, 0.3) is 5.91 Å². The van der Waals surface area contributed by atoms with Gasteiger partial charge in [-0.25, -0.2) is 4.68 Å². The molecule has 0 saturated carbocycles. The number of likely N-dealkylation sites (tertiary alicyclic amines) is 1. The number of carbonyl (C=O) groups is 1. The molecule has 1 aliphatic heterocycles. The first-order valence-corrected chi connectivity index (χ1v) is 8.95. The maximum atomic E-state index is 12.9. The predicted octanol–water partition coefficient (Wildman–Crippen LogP) is 3.35. The molecule has 26 heavy (non-hydrogen) atoms. The number of hydrogen-bond donors (Lipinski definition) is 0. The lowest BCUT2D eigenvalue weighted by Gasteiger charge is -2.23. The van der Waals surface area contributed by atoms with Gasteiger partial charge in [0.15, 0.2) is 5.69 Å². The highest BCUT2D eigenvalue weighted by molar-refractivity contribution is 6.30. The summed E-state index contributed by atoms with van der Waals surface area (Å²) in [6.45, 7) is 1.23. The molecule has 132 valence electrons. The standard InChI is InChI=1S/C19H18ClN5O/c20-15-6-3-5-14(11-15)12-24-13-17(22-23-24)19(26)25-10-4-8-18(25)16-7-1-2-9-21-16/h1-3,5-7,9,11,13,18H,4,8,10,12H2. The quantitative estimate of drug-likeness (QED) is 0.709. The minimum atomic E-state index is -0.101. The van der Waals surface area contributed by atoms with E-state index in [-0.39, 0.29) is 11.9 Å². The van der Waals surface area contributed by atoms with Crippen molar-refractivity contribution in [1.82, 2.24) is 24.9 Å². The van der Waals surface area contributed by atoms with E-state index in [1.54, 1.807) is 17.1 Å². The molecule has 7 heteroatoms. The van der Waals surface area contributed by atoms with Crippen molar-refractivity contribution >= 4 is 17.5 Å². The van der Waals surface area contributed by atoms with Crippen molar-refractivity contribution in [1.29, 1.82) is 0 Å². The number of aromatic nitrogens is 4. The summed E-state index contributed by atoms with van der Waals surface area (Å²) >= 11 is 6.02. The van der Waals surface area contributed by atoms with Crippen molar-refractivity contribution < 1.29 is 4.79 Å². The number of rotatable bonds is 4. The molecule has 1 atom stereocenters. The largest absolute Gasteiger partial charge is 0.329 e. The molecule has 0 bridgehead atoms. The van der Waals surface area contributed by atoms with Gasteiger partial charge in [-0.05, 0) is 42.7 Å². The topological polar surface area (TPSA) is 63.9 Å². The number of hydrogen-bond acceptors (Lipinski definition) is 4. The second-order valence-corrected chi connectivity index (χ2v) is 6.78. The third kappa shape index (κ3) is 3.46. The fourth-order valence-corrected chi connectivity index (χ4v) is 3.55. The summed E-state index contributed by atoms with van der Waals surface area (Å²) in [4.78, 5) is 19.2. The Balaban J connectivity index is 1.51. The monoisotopic (exact) mass is 367 g/mol. The van der Waals surface area contributed by atoms with Crippen LogP contribution in [0.4, 0.5) is 0 Å². The molecule has 2 aromatic heterocycles. The number of nitrogens with zero attached hydrogens (tertiary/aromatic N) is 5. The molecule has 0 radical (unpaired) electrons. The Morgan fingerprint density at radius 3 is 2.96 bits per heavy atom. The van der Waals surface area contributed by atoms with Crippen LogP contribution in [0.15, 0.2) is 54.9 Å². The molecule has 1 aliphatic rings. The Bertz CT molecular complexity index is 911. The van der Waals surface area contributed by atoms with Crippen molar-refractivity contribution in [3.63, 3.8) is 0 Å². The van der Waals surface area contributed by atoms with E-state index in [0.717, 1.165) is 24.1 Å². The van der Waals surface area contributed by atoms with Gasteiger partial charge in [-0.15, -0.1) is 5.10 Å². The summed E-state index contributed by atoms with van der Waals surface area (Å²) in [5.74, 6) is -0.101. The highest BCUT2D eigenvalue weighted by Gasteiger charge is 2.32. The molecule has 3 aromatic rings. The van der Waals surface area contributed by atoms with Crippen LogP contribution >= 0.6 is 11.6 Å². The Labute approximate surface area is 156 Å². The second kappa shape index (κ2) is 7.25. The molecule has 1 saturated heterocycles. The lowest BCUT2D eigenvalue weighted by atomic mass is 10.1. The van der Waals surface area contributed by atoms with Crippen LogP contribution in [0.3, 0.4) is 0 Å². The molecule has 3 heterocycles. The summed E-state index contributed by atoms with van der Waals surface area (Å²) in [7, 11) is 0. The molecule has 1 aromatic carbocycles. The van der Waals surface area contributed by atoms with E-state index in [1.807, 2.05) is 47.4 Å². The predicted molar refractivity (Wildman–Crippen MR) is 97.8 cm³/mol. The zero-order valence-electron chi connectivity index (χ0n) is 14.1. The Hall–Kier alpha value is -2.73. The highest BCUT2D eigenvalue weighted by atomic mass is 35.5. The van der Waals surface area contributed by atoms with Gasteiger partial charge in [-0.1, -0.05) is 35.0 Å². The van der Waals surface area contributed by atoms with Crippen LogP contribution in [0, 0.1) is 0 Å². The van der Waals surface area contributed by atoms with Crippen molar-refractivity contribution in [2.24, 2.45) is 0 Å². The first kappa shape index (κ1) is 16.7. The first-order chi connectivity index (χ1) is 12.7. The molecule has 4 rings (SSSR count). The van der Waals surface area contributed by atoms with Crippen LogP contribution in [-0.2, 0) is 6.54 Å². The average molecular weight is 368 g/mol. The minimum Gasteiger partial charge on any atom is -0.329 e. The van der Waals surface area contributed by atoms with E-state index in [1.165, 1.54) is 0 Å². The number of carbonyl (C=O) groups excluding carboxylic acids is 1. The number of halogens is 1. The minimum absolute atomic E-state index is 0.00165. The van der Waals surface area contributed by atoms with Crippen LogP contribution in [0.25, 0.3) is 0 Å².